The lowest BCUT2D eigenvalue weighted by Crippen LogP contribution is -2.25. The van der Waals surface area contributed by atoms with Gasteiger partial charge in [-0.05, 0) is 0 Å². The Morgan fingerprint density at radius 1 is 1.22 bits per heavy atom. The number of hydrogen-bond acceptors (Lipinski definition) is 3. The van der Waals surface area contributed by atoms with Crippen molar-refractivity contribution in [1.29, 1.82) is 0 Å². The Hall–Kier alpha value is 0.230. The van der Waals surface area contributed by atoms with E-state index in [1.165, 1.54) is 6.26 Å². The molecule has 0 aliphatic carbocycles. The summed E-state index contributed by atoms with van der Waals surface area (Å²) in [5, 5.41) is 0. The molecule has 0 atom stereocenters. The minimum atomic E-state index is -2.43. The van der Waals surface area contributed by atoms with Gasteiger partial charge >= 0.3 is 0 Å². The predicted octanol–water partition coefficient (Wildman–Crippen LogP) is 1.62. The van der Waals surface area contributed by atoms with Crippen molar-refractivity contribution in [1.82, 2.24) is 4.31 Å². The SMILES string of the molecule is CCN(CC)S(C)(O)O. The average molecular weight is 153 g/mol. The maximum absolute atomic E-state index is 9.04. The third kappa shape index (κ3) is 3.05. The zero-order valence-corrected chi connectivity index (χ0v) is 6.98. The van der Waals surface area contributed by atoms with Crippen LogP contribution in [-0.2, 0) is 0 Å². The Labute approximate surface area is 58.2 Å². The van der Waals surface area contributed by atoms with E-state index in [4.69, 9.17) is 9.11 Å². The van der Waals surface area contributed by atoms with Crippen LogP contribution in [0.2, 0.25) is 0 Å². The van der Waals surface area contributed by atoms with E-state index < -0.39 is 10.8 Å². The van der Waals surface area contributed by atoms with E-state index >= 15 is 0 Å². The highest BCUT2D eigenvalue weighted by atomic mass is 32.3. The largest absolute Gasteiger partial charge is 0.286 e. The van der Waals surface area contributed by atoms with Gasteiger partial charge in [-0.3, -0.25) is 9.11 Å². The Kier molecular flexibility index (Phi) is 3.50. The van der Waals surface area contributed by atoms with Crippen LogP contribution in [0.5, 0.6) is 0 Å². The van der Waals surface area contributed by atoms with Gasteiger partial charge in [0.15, 0.2) is 0 Å². The molecule has 0 saturated carbocycles. The second-order valence-corrected chi connectivity index (χ2v) is 4.01. The Bertz CT molecular complexity index is 77.5. The molecule has 0 aromatic carbocycles. The van der Waals surface area contributed by atoms with Crippen LogP contribution >= 0.6 is 10.8 Å². The maximum Gasteiger partial charge on any atom is 0.0418 e. The third-order valence-corrected chi connectivity index (χ3v) is 2.69. The fourth-order valence-corrected chi connectivity index (χ4v) is 1.69. The van der Waals surface area contributed by atoms with Gasteiger partial charge in [0.05, 0.1) is 0 Å². The molecular formula is C5H15NO2S. The number of hydrogen-bond donors (Lipinski definition) is 2. The lowest BCUT2D eigenvalue weighted by Gasteiger charge is -2.38. The highest BCUT2D eigenvalue weighted by molar-refractivity contribution is 8.21. The summed E-state index contributed by atoms with van der Waals surface area (Å²) in [7, 11) is -2.43. The van der Waals surface area contributed by atoms with Gasteiger partial charge < -0.3 is 0 Å². The summed E-state index contributed by atoms with van der Waals surface area (Å²) in [4.78, 5) is 0. The zero-order valence-electron chi connectivity index (χ0n) is 6.16. The normalized spacial score (nSPS) is 14.4. The van der Waals surface area contributed by atoms with Gasteiger partial charge in [-0.25, -0.2) is 4.31 Å². The van der Waals surface area contributed by atoms with Gasteiger partial charge in [0.1, 0.15) is 0 Å². The first-order chi connectivity index (χ1) is 4.02. The quantitative estimate of drug-likeness (QED) is 0.647. The van der Waals surface area contributed by atoms with Gasteiger partial charge in [0.2, 0.25) is 0 Å². The van der Waals surface area contributed by atoms with E-state index in [1.807, 2.05) is 13.8 Å². The van der Waals surface area contributed by atoms with Crippen molar-refractivity contribution in [3.05, 3.63) is 0 Å². The molecule has 0 unspecified atom stereocenters. The highest BCUT2D eigenvalue weighted by Crippen LogP contribution is 2.37. The second kappa shape index (κ2) is 3.41. The minimum absolute atomic E-state index is 0.690. The maximum atomic E-state index is 9.04. The van der Waals surface area contributed by atoms with E-state index in [0.717, 1.165) is 0 Å². The molecule has 9 heavy (non-hydrogen) atoms. The number of nitrogens with zero attached hydrogens (tertiary/aromatic N) is 1. The first-order valence-corrected chi connectivity index (χ1v) is 4.91. The molecule has 0 fully saturated rings. The highest BCUT2D eigenvalue weighted by Gasteiger charge is 2.11. The Morgan fingerprint density at radius 3 is 1.56 bits per heavy atom. The molecule has 0 saturated heterocycles. The topological polar surface area (TPSA) is 43.7 Å². The van der Waals surface area contributed by atoms with Gasteiger partial charge in [0.25, 0.3) is 0 Å². The third-order valence-electron chi connectivity index (χ3n) is 1.19. The summed E-state index contributed by atoms with van der Waals surface area (Å²) >= 11 is 0. The summed E-state index contributed by atoms with van der Waals surface area (Å²) in [5.41, 5.74) is 0. The van der Waals surface area contributed by atoms with Crippen molar-refractivity contribution in [3.63, 3.8) is 0 Å². The monoisotopic (exact) mass is 153 g/mol. The molecule has 58 valence electrons. The minimum Gasteiger partial charge on any atom is -0.286 e. The zero-order chi connectivity index (χ0) is 7.49. The van der Waals surface area contributed by atoms with E-state index in [0.29, 0.717) is 13.1 Å². The van der Waals surface area contributed by atoms with Crippen LogP contribution in [0.4, 0.5) is 0 Å². The molecule has 0 aromatic rings. The fraction of sp³-hybridized carbons (Fsp3) is 1.00. The van der Waals surface area contributed by atoms with Crippen molar-refractivity contribution in [2.75, 3.05) is 19.3 Å². The van der Waals surface area contributed by atoms with Crippen LogP contribution in [0.1, 0.15) is 13.8 Å². The van der Waals surface area contributed by atoms with Crippen molar-refractivity contribution in [2.24, 2.45) is 0 Å². The fourth-order valence-electron chi connectivity index (χ4n) is 0.713. The molecule has 2 N–H and O–H groups in total. The molecule has 0 heterocycles. The van der Waals surface area contributed by atoms with Gasteiger partial charge in [-0.1, -0.05) is 13.8 Å². The molecule has 0 aliphatic rings. The lowest BCUT2D eigenvalue weighted by molar-refractivity contribution is 0.373. The second-order valence-electron chi connectivity index (χ2n) is 1.91. The van der Waals surface area contributed by atoms with Gasteiger partial charge in [-0.2, -0.15) is 0 Å². The summed E-state index contributed by atoms with van der Waals surface area (Å²) in [6.07, 6.45) is 1.44. The first kappa shape index (κ1) is 9.23. The molecule has 0 aromatic heterocycles. The molecular weight excluding hydrogens is 138 g/mol. The van der Waals surface area contributed by atoms with Crippen LogP contribution in [-0.4, -0.2) is 32.8 Å². The molecule has 0 spiro atoms. The average Bonchev–Trinajstić information content (AvgIpc) is 1.65. The lowest BCUT2D eigenvalue weighted by atomic mass is 10.7. The van der Waals surface area contributed by atoms with E-state index in [-0.39, 0.29) is 0 Å². The molecule has 0 bridgehead atoms. The molecule has 0 rings (SSSR count). The predicted molar refractivity (Wildman–Crippen MR) is 41.7 cm³/mol. The van der Waals surface area contributed by atoms with Crippen LogP contribution in [0.15, 0.2) is 0 Å². The summed E-state index contributed by atoms with van der Waals surface area (Å²) < 4.78 is 19.7. The summed E-state index contributed by atoms with van der Waals surface area (Å²) in [6, 6.07) is 0. The van der Waals surface area contributed by atoms with E-state index in [2.05, 4.69) is 0 Å². The summed E-state index contributed by atoms with van der Waals surface area (Å²) in [6.45, 7) is 5.19. The number of rotatable bonds is 3. The molecule has 0 amide bonds. The molecule has 0 aliphatic heterocycles. The van der Waals surface area contributed by atoms with Crippen LogP contribution < -0.4 is 0 Å². The Morgan fingerprint density at radius 2 is 1.56 bits per heavy atom. The smallest absolute Gasteiger partial charge is 0.0418 e. The van der Waals surface area contributed by atoms with Crippen molar-refractivity contribution >= 4 is 10.8 Å². The van der Waals surface area contributed by atoms with Crippen molar-refractivity contribution in [2.45, 2.75) is 13.8 Å². The van der Waals surface area contributed by atoms with Gasteiger partial charge in [0, 0.05) is 19.3 Å². The van der Waals surface area contributed by atoms with Gasteiger partial charge in [-0.15, -0.1) is 10.8 Å². The van der Waals surface area contributed by atoms with Crippen molar-refractivity contribution < 1.29 is 9.11 Å². The standard InChI is InChI=1S/C5H15NO2S/c1-4-6(5-2)9(3,7)8/h7-8H,4-5H2,1-3H3. The molecule has 4 heteroatoms. The molecule has 0 radical (unpaired) electrons. The summed E-state index contributed by atoms with van der Waals surface area (Å²) in [5.74, 6) is 0. The van der Waals surface area contributed by atoms with E-state index in [1.54, 1.807) is 4.31 Å². The van der Waals surface area contributed by atoms with Crippen molar-refractivity contribution in [3.8, 4) is 0 Å². The molecule has 3 nitrogen and oxygen atoms in total. The Balaban J connectivity index is 3.79. The van der Waals surface area contributed by atoms with Crippen LogP contribution in [0.25, 0.3) is 0 Å². The van der Waals surface area contributed by atoms with Crippen LogP contribution in [0, 0.1) is 0 Å². The van der Waals surface area contributed by atoms with Crippen LogP contribution in [0.3, 0.4) is 0 Å². The van der Waals surface area contributed by atoms with E-state index in [9.17, 15) is 0 Å². The first-order valence-electron chi connectivity index (χ1n) is 3.00.